The number of nitrogens with one attached hydrogen (secondary N) is 2. The molecule has 0 fully saturated rings. The van der Waals surface area contributed by atoms with E-state index in [2.05, 4.69) is 24.5 Å². The summed E-state index contributed by atoms with van der Waals surface area (Å²) in [6, 6.07) is 5.98. The molecule has 0 saturated heterocycles. The Morgan fingerprint density at radius 2 is 2.06 bits per heavy atom. The highest BCUT2D eigenvalue weighted by molar-refractivity contribution is 5.77. The highest BCUT2D eigenvalue weighted by Gasteiger charge is 1.99. The molecule has 0 unspecified atom stereocenters. The maximum atomic E-state index is 11.1. The van der Waals surface area contributed by atoms with Gasteiger partial charge >= 0.3 is 0 Å². The van der Waals surface area contributed by atoms with Crippen molar-refractivity contribution in [1.82, 2.24) is 10.6 Å². The minimum atomic E-state index is -0.0174. The standard InChI is InChI=1S/C13H20N2O2/c1-10-4-5-12(8-11(10)2)17-7-6-15-13(16)9-14-3/h4-5,8,14H,6-7,9H2,1-3H3,(H,15,16). The van der Waals surface area contributed by atoms with E-state index in [4.69, 9.17) is 4.74 Å². The Bertz CT molecular complexity index is 378. The lowest BCUT2D eigenvalue weighted by molar-refractivity contribution is -0.120. The molecule has 4 nitrogen and oxygen atoms in total. The van der Waals surface area contributed by atoms with Crippen LogP contribution in [0.5, 0.6) is 5.75 Å². The van der Waals surface area contributed by atoms with Crippen molar-refractivity contribution in [2.75, 3.05) is 26.7 Å². The molecular formula is C13H20N2O2. The van der Waals surface area contributed by atoms with Gasteiger partial charge in [0.15, 0.2) is 0 Å². The molecular weight excluding hydrogens is 216 g/mol. The van der Waals surface area contributed by atoms with Gasteiger partial charge in [-0.15, -0.1) is 0 Å². The van der Waals surface area contributed by atoms with Crippen molar-refractivity contribution in [3.05, 3.63) is 29.3 Å². The third-order valence-electron chi connectivity index (χ3n) is 2.51. The van der Waals surface area contributed by atoms with Gasteiger partial charge in [-0.25, -0.2) is 0 Å². The van der Waals surface area contributed by atoms with Gasteiger partial charge in [-0.2, -0.15) is 0 Å². The van der Waals surface area contributed by atoms with Crippen LogP contribution in [0.15, 0.2) is 18.2 Å². The number of likely N-dealkylation sites (N-methyl/N-ethyl adjacent to an activating group) is 1. The minimum Gasteiger partial charge on any atom is -0.492 e. The van der Waals surface area contributed by atoms with Crippen molar-refractivity contribution in [2.45, 2.75) is 13.8 Å². The Hall–Kier alpha value is -1.55. The summed E-state index contributed by atoms with van der Waals surface area (Å²) in [6.07, 6.45) is 0. The minimum absolute atomic E-state index is 0.0174. The number of carbonyl (C=O) groups is 1. The Balaban J connectivity index is 2.26. The average Bonchev–Trinajstić information content (AvgIpc) is 2.29. The maximum absolute atomic E-state index is 11.1. The maximum Gasteiger partial charge on any atom is 0.234 e. The summed E-state index contributed by atoms with van der Waals surface area (Å²) in [5.74, 6) is 0.826. The van der Waals surface area contributed by atoms with Crippen LogP contribution >= 0.6 is 0 Å². The van der Waals surface area contributed by atoms with Gasteiger partial charge in [-0.05, 0) is 44.2 Å². The molecule has 0 aliphatic heterocycles. The van der Waals surface area contributed by atoms with Crippen LogP contribution in [0.1, 0.15) is 11.1 Å². The number of aryl methyl sites for hydroxylation is 2. The molecule has 1 amide bonds. The van der Waals surface area contributed by atoms with E-state index in [-0.39, 0.29) is 5.91 Å². The molecule has 17 heavy (non-hydrogen) atoms. The Labute approximate surface area is 102 Å². The fourth-order valence-electron chi connectivity index (χ4n) is 1.39. The lowest BCUT2D eigenvalue weighted by atomic mass is 10.1. The van der Waals surface area contributed by atoms with E-state index in [1.54, 1.807) is 7.05 Å². The van der Waals surface area contributed by atoms with Crippen LogP contribution in [0.4, 0.5) is 0 Å². The van der Waals surface area contributed by atoms with Gasteiger partial charge < -0.3 is 15.4 Å². The largest absolute Gasteiger partial charge is 0.492 e. The van der Waals surface area contributed by atoms with Gasteiger partial charge in [0.2, 0.25) is 5.91 Å². The Kier molecular flexibility index (Phi) is 5.49. The zero-order valence-corrected chi connectivity index (χ0v) is 10.7. The lowest BCUT2D eigenvalue weighted by Crippen LogP contribution is -2.34. The van der Waals surface area contributed by atoms with Gasteiger partial charge in [-0.1, -0.05) is 6.07 Å². The predicted octanol–water partition coefficient (Wildman–Crippen LogP) is 1.02. The first-order chi connectivity index (χ1) is 8.13. The normalized spacial score (nSPS) is 10.1. The molecule has 2 N–H and O–H groups in total. The summed E-state index contributed by atoms with van der Waals surface area (Å²) >= 11 is 0. The molecule has 0 aliphatic carbocycles. The number of benzene rings is 1. The first-order valence-corrected chi connectivity index (χ1v) is 5.75. The van der Waals surface area contributed by atoms with Crippen molar-refractivity contribution in [2.24, 2.45) is 0 Å². The van der Waals surface area contributed by atoms with E-state index in [0.717, 1.165) is 5.75 Å². The van der Waals surface area contributed by atoms with Crippen molar-refractivity contribution >= 4 is 5.91 Å². The summed E-state index contributed by atoms with van der Waals surface area (Å²) in [5.41, 5.74) is 2.46. The number of amides is 1. The summed E-state index contributed by atoms with van der Waals surface area (Å²) < 4.78 is 5.54. The van der Waals surface area contributed by atoms with Crippen LogP contribution in [0.25, 0.3) is 0 Å². The number of hydrogen-bond acceptors (Lipinski definition) is 3. The third kappa shape index (κ3) is 4.87. The van der Waals surface area contributed by atoms with Gasteiger partial charge in [0.25, 0.3) is 0 Å². The number of rotatable bonds is 6. The lowest BCUT2D eigenvalue weighted by Gasteiger charge is -2.09. The number of carbonyl (C=O) groups excluding carboxylic acids is 1. The van der Waals surface area contributed by atoms with Crippen LogP contribution < -0.4 is 15.4 Å². The average molecular weight is 236 g/mol. The van der Waals surface area contributed by atoms with E-state index in [9.17, 15) is 4.79 Å². The Morgan fingerprint density at radius 3 is 2.71 bits per heavy atom. The zero-order chi connectivity index (χ0) is 12.7. The summed E-state index contributed by atoms with van der Waals surface area (Å²) in [4.78, 5) is 11.1. The molecule has 1 aromatic rings. The molecule has 1 aromatic carbocycles. The van der Waals surface area contributed by atoms with E-state index < -0.39 is 0 Å². The molecule has 4 heteroatoms. The van der Waals surface area contributed by atoms with Crippen molar-refractivity contribution in [1.29, 1.82) is 0 Å². The second kappa shape index (κ2) is 6.91. The predicted molar refractivity (Wildman–Crippen MR) is 68.3 cm³/mol. The highest BCUT2D eigenvalue weighted by atomic mass is 16.5. The van der Waals surface area contributed by atoms with Crippen molar-refractivity contribution < 1.29 is 9.53 Å². The summed E-state index contributed by atoms with van der Waals surface area (Å²) in [6.45, 7) is 5.46. The fraction of sp³-hybridized carbons (Fsp3) is 0.462. The SMILES string of the molecule is CNCC(=O)NCCOc1ccc(C)c(C)c1. The molecule has 0 spiro atoms. The first kappa shape index (κ1) is 13.5. The van der Waals surface area contributed by atoms with Crippen LogP contribution in [0.2, 0.25) is 0 Å². The van der Waals surface area contributed by atoms with Crippen molar-refractivity contribution in [3.63, 3.8) is 0 Å². The van der Waals surface area contributed by atoms with Gasteiger partial charge in [0, 0.05) is 0 Å². The second-order valence-corrected chi connectivity index (χ2v) is 3.97. The molecule has 0 saturated carbocycles. The second-order valence-electron chi connectivity index (χ2n) is 3.97. The van der Waals surface area contributed by atoms with Gasteiger partial charge in [0.05, 0.1) is 13.1 Å². The number of hydrogen-bond donors (Lipinski definition) is 2. The third-order valence-corrected chi connectivity index (χ3v) is 2.51. The molecule has 0 aromatic heterocycles. The number of ether oxygens (including phenoxy) is 1. The molecule has 0 aliphatic rings. The molecule has 0 atom stereocenters. The van der Waals surface area contributed by atoms with E-state index in [0.29, 0.717) is 19.7 Å². The summed E-state index contributed by atoms with van der Waals surface area (Å²) in [5, 5.41) is 5.54. The van der Waals surface area contributed by atoms with Crippen LogP contribution in [0, 0.1) is 13.8 Å². The van der Waals surface area contributed by atoms with Crippen molar-refractivity contribution in [3.8, 4) is 5.75 Å². The van der Waals surface area contributed by atoms with E-state index >= 15 is 0 Å². The first-order valence-electron chi connectivity index (χ1n) is 5.75. The molecule has 0 heterocycles. The molecule has 94 valence electrons. The van der Waals surface area contributed by atoms with Gasteiger partial charge in [-0.3, -0.25) is 4.79 Å². The molecule has 0 radical (unpaired) electrons. The molecule has 1 rings (SSSR count). The van der Waals surface area contributed by atoms with Crippen LogP contribution in [-0.2, 0) is 4.79 Å². The van der Waals surface area contributed by atoms with Crippen LogP contribution in [-0.4, -0.2) is 32.7 Å². The fourth-order valence-corrected chi connectivity index (χ4v) is 1.39. The quantitative estimate of drug-likeness (QED) is 0.725. The smallest absolute Gasteiger partial charge is 0.234 e. The zero-order valence-electron chi connectivity index (χ0n) is 10.7. The van der Waals surface area contributed by atoms with Gasteiger partial charge in [0.1, 0.15) is 12.4 Å². The highest BCUT2D eigenvalue weighted by Crippen LogP contribution is 2.15. The summed E-state index contributed by atoms with van der Waals surface area (Å²) in [7, 11) is 1.74. The van der Waals surface area contributed by atoms with E-state index in [1.165, 1.54) is 11.1 Å². The molecule has 0 bridgehead atoms. The van der Waals surface area contributed by atoms with Crippen LogP contribution in [0.3, 0.4) is 0 Å². The Morgan fingerprint density at radius 1 is 1.29 bits per heavy atom. The van der Waals surface area contributed by atoms with E-state index in [1.807, 2.05) is 18.2 Å². The topological polar surface area (TPSA) is 50.4 Å². The monoisotopic (exact) mass is 236 g/mol.